The lowest BCUT2D eigenvalue weighted by Crippen LogP contribution is -2.51. The molecule has 72 valence electrons. The van der Waals surface area contributed by atoms with Crippen molar-refractivity contribution in [3.05, 3.63) is 0 Å². The van der Waals surface area contributed by atoms with Gasteiger partial charge in [0.05, 0.1) is 6.10 Å². The molecule has 0 aromatic carbocycles. The maximum Gasteiger partial charge on any atom is 0.0639 e. The highest BCUT2D eigenvalue weighted by Gasteiger charge is 2.20. The Morgan fingerprint density at radius 2 is 2.17 bits per heavy atom. The first-order chi connectivity index (χ1) is 5.59. The standard InChI is InChI=1S/C9H20N2O/c1-8-6-11(7-9(2)12)5-4-10(8)3/h8-9,12H,4-7H2,1-3H3/t8-,9+/m1/s1. The second kappa shape index (κ2) is 4.21. The van der Waals surface area contributed by atoms with Crippen LogP contribution in [-0.2, 0) is 0 Å². The normalized spacial score (nSPS) is 30.5. The van der Waals surface area contributed by atoms with Crippen LogP contribution in [-0.4, -0.2) is 60.3 Å². The van der Waals surface area contributed by atoms with Gasteiger partial charge < -0.3 is 10.0 Å². The molecule has 0 aliphatic carbocycles. The Balaban J connectivity index is 2.30. The number of likely N-dealkylation sites (N-methyl/N-ethyl adjacent to an activating group) is 1. The van der Waals surface area contributed by atoms with Crippen molar-refractivity contribution in [2.24, 2.45) is 0 Å². The molecule has 1 fully saturated rings. The monoisotopic (exact) mass is 172 g/mol. The second-order valence-corrected chi connectivity index (χ2v) is 3.94. The van der Waals surface area contributed by atoms with Gasteiger partial charge in [-0.2, -0.15) is 0 Å². The van der Waals surface area contributed by atoms with E-state index in [4.69, 9.17) is 0 Å². The molecule has 2 atom stereocenters. The van der Waals surface area contributed by atoms with E-state index in [1.54, 1.807) is 0 Å². The van der Waals surface area contributed by atoms with Crippen molar-refractivity contribution < 1.29 is 5.11 Å². The number of hydrogen-bond acceptors (Lipinski definition) is 3. The fourth-order valence-electron chi connectivity index (χ4n) is 1.66. The average molecular weight is 172 g/mol. The summed E-state index contributed by atoms with van der Waals surface area (Å²) in [6.45, 7) is 8.19. The molecular formula is C9H20N2O. The van der Waals surface area contributed by atoms with Crippen LogP contribution in [0.3, 0.4) is 0 Å². The number of aliphatic hydroxyl groups excluding tert-OH is 1. The summed E-state index contributed by atoms with van der Waals surface area (Å²) in [6.07, 6.45) is -0.194. The van der Waals surface area contributed by atoms with Gasteiger partial charge in [0.15, 0.2) is 0 Å². The Morgan fingerprint density at radius 1 is 1.50 bits per heavy atom. The quantitative estimate of drug-likeness (QED) is 0.635. The van der Waals surface area contributed by atoms with Crippen LogP contribution in [0.15, 0.2) is 0 Å². The lowest BCUT2D eigenvalue weighted by Gasteiger charge is -2.38. The maximum absolute atomic E-state index is 9.20. The molecular weight excluding hydrogens is 152 g/mol. The zero-order valence-corrected chi connectivity index (χ0v) is 8.32. The maximum atomic E-state index is 9.20. The molecule has 0 aromatic rings. The van der Waals surface area contributed by atoms with Crippen molar-refractivity contribution in [3.63, 3.8) is 0 Å². The summed E-state index contributed by atoms with van der Waals surface area (Å²) in [4.78, 5) is 4.69. The molecule has 0 bridgehead atoms. The molecule has 1 aliphatic rings. The Labute approximate surface area is 75.0 Å². The number of piperazine rings is 1. The van der Waals surface area contributed by atoms with Gasteiger partial charge in [-0.1, -0.05) is 0 Å². The first kappa shape index (κ1) is 9.96. The van der Waals surface area contributed by atoms with Gasteiger partial charge in [-0.15, -0.1) is 0 Å². The van der Waals surface area contributed by atoms with E-state index in [1.165, 1.54) is 0 Å². The summed E-state index contributed by atoms with van der Waals surface area (Å²) in [7, 11) is 2.16. The summed E-state index contributed by atoms with van der Waals surface area (Å²) in [5.74, 6) is 0. The predicted octanol–water partition coefficient (Wildman–Crippen LogP) is 0.00310. The third kappa shape index (κ3) is 2.73. The summed E-state index contributed by atoms with van der Waals surface area (Å²) in [5, 5.41) is 9.20. The van der Waals surface area contributed by atoms with E-state index in [0.29, 0.717) is 6.04 Å². The molecule has 0 radical (unpaired) electrons. The van der Waals surface area contributed by atoms with Crippen LogP contribution in [0.4, 0.5) is 0 Å². The Bertz CT molecular complexity index is 138. The number of rotatable bonds is 2. The first-order valence-electron chi connectivity index (χ1n) is 4.70. The van der Waals surface area contributed by atoms with Crippen molar-refractivity contribution in [2.45, 2.75) is 26.0 Å². The fraction of sp³-hybridized carbons (Fsp3) is 1.00. The van der Waals surface area contributed by atoms with Gasteiger partial charge in [0.25, 0.3) is 0 Å². The van der Waals surface area contributed by atoms with Gasteiger partial charge >= 0.3 is 0 Å². The smallest absolute Gasteiger partial charge is 0.0639 e. The number of nitrogens with zero attached hydrogens (tertiary/aromatic N) is 2. The van der Waals surface area contributed by atoms with E-state index in [9.17, 15) is 5.11 Å². The van der Waals surface area contributed by atoms with Crippen LogP contribution >= 0.6 is 0 Å². The van der Waals surface area contributed by atoms with Crippen LogP contribution in [0, 0.1) is 0 Å². The summed E-state index contributed by atoms with van der Waals surface area (Å²) >= 11 is 0. The zero-order valence-electron chi connectivity index (χ0n) is 8.32. The van der Waals surface area contributed by atoms with Gasteiger partial charge in [0, 0.05) is 32.2 Å². The third-order valence-electron chi connectivity index (χ3n) is 2.57. The van der Waals surface area contributed by atoms with E-state index >= 15 is 0 Å². The minimum absolute atomic E-state index is 0.194. The van der Waals surface area contributed by atoms with Crippen molar-refractivity contribution in [1.29, 1.82) is 0 Å². The molecule has 1 saturated heterocycles. The van der Waals surface area contributed by atoms with E-state index in [1.807, 2.05) is 6.92 Å². The number of aliphatic hydroxyl groups is 1. The predicted molar refractivity (Wildman–Crippen MR) is 50.2 cm³/mol. The first-order valence-corrected chi connectivity index (χ1v) is 4.70. The van der Waals surface area contributed by atoms with Crippen molar-refractivity contribution in [3.8, 4) is 0 Å². The molecule has 0 saturated carbocycles. The second-order valence-electron chi connectivity index (χ2n) is 3.94. The Morgan fingerprint density at radius 3 is 2.67 bits per heavy atom. The molecule has 12 heavy (non-hydrogen) atoms. The average Bonchev–Trinajstić information content (AvgIpc) is 1.96. The van der Waals surface area contributed by atoms with Crippen molar-refractivity contribution in [1.82, 2.24) is 9.80 Å². The van der Waals surface area contributed by atoms with Crippen molar-refractivity contribution >= 4 is 0 Å². The van der Waals surface area contributed by atoms with Crippen LogP contribution < -0.4 is 0 Å². The minimum Gasteiger partial charge on any atom is -0.392 e. The third-order valence-corrected chi connectivity index (χ3v) is 2.57. The molecule has 1 heterocycles. The van der Waals surface area contributed by atoms with Crippen molar-refractivity contribution in [2.75, 3.05) is 33.2 Å². The molecule has 0 unspecified atom stereocenters. The van der Waals surface area contributed by atoms with E-state index in [2.05, 4.69) is 23.8 Å². The zero-order chi connectivity index (χ0) is 9.14. The van der Waals surface area contributed by atoms with Crippen LogP contribution in [0.5, 0.6) is 0 Å². The lowest BCUT2D eigenvalue weighted by atomic mass is 10.2. The number of β-amino-alcohol motifs (C(OH)–C–C–N with tert-alkyl or cyclic N) is 1. The molecule has 3 nitrogen and oxygen atoms in total. The lowest BCUT2D eigenvalue weighted by molar-refractivity contribution is 0.0638. The Hall–Kier alpha value is -0.120. The number of hydrogen-bond donors (Lipinski definition) is 1. The van der Waals surface area contributed by atoms with Crippen LogP contribution in [0.2, 0.25) is 0 Å². The van der Waals surface area contributed by atoms with Gasteiger partial charge in [0.1, 0.15) is 0 Å². The SMILES string of the molecule is C[C@H](O)CN1CCN(C)[C@H](C)C1. The molecule has 0 aromatic heterocycles. The van der Waals surface area contributed by atoms with Gasteiger partial charge in [0.2, 0.25) is 0 Å². The van der Waals surface area contributed by atoms with Crippen LogP contribution in [0.1, 0.15) is 13.8 Å². The molecule has 3 heteroatoms. The molecule has 1 aliphatic heterocycles. The van der Waals surface area contributed by atoms with Gasteiger partial charge in [-0.3, -0.25) is 4.90 Å². The van der Waals surface area contributed by atoms with E-state index in [0.717, 1.165) is 26.2 Å². The molecule has 1 rings (SSSR count). The van der Waals surface area contributed by atoms with Crippen LogP contribution in [0.25, 0.3) is 0 Å². The molecule has 0 spiro atoms. The highest BCUT2D eigenvalue weighted by atomic mass is 16.3. The molecule has 1 N–H and O–H groups in total. The fourth-order valence-corrected chi connectivity index (χ4v) is 1.66. The van der Waals surface area contributed by atoms with Gasteiger partial charge in [-0.25, -0.2) is 0 Å². The summed E-state index contributed by atoms with van der Waals surface area (Å²) in [5.41, 5.74) is 0. The minimum atomic E-state index is -0.194. The van der Waals surface area contributed by atoms with Gasteiger partial charge in [-0.05, 0) is 20.9 Å². The topological polar surface area (TPSA) is 26.7 Å². The van der Waals surface area contributed by atoms with E-state index < -0.39 is 0 Å². The molecule has 0 amide bonds. The highest BCUT2D eigenvalue weighted by molar-refractivity contribution is 4.77. The Kier molecular flexibility index (Phi) is 3.50. The summed E-state index contributed by atoms with van der Waals surface area (Å²) in [6, 6.07) is 0.623. The largest absolute Gasteiger partial charge is 0.392 e. The summed E-state index contributed by atoms with van der Waals surface area (Å²) < 4.78 is 0. The van der Waals surface area contributed by atoms with E-state index in [-0.39, 0.29) is 6.10 Å². The highest BCUT2D eigenvalue weighted by Crippen LogP contribution is 2.06.